The Hall–Kier alpha value is -0.420. The van der Waals surface area contributed by atoms with Crippen LogP contribution in [0.5, 0.6) is 0 Å². The molecule has 0 bridgehead atoms. The molecule has 1 aliphatic carbocycles. The topological polar surface area (TPSA) is 24.5 Å². The standard InChI is InChI=1S/C16H26N2OS/c1-2-17-11-13-7-8-14(20-13)12-18-9-10-19-16-6-4-3-5-15(16)18/h7-8,15-17H,2-6,9-12H2,1H3. The van der Waals surface area contributed by atoms with Gasteiger partial charge >= 0.3 is 0 Å². The van der Waals surface area contributed by atoms with Crippen LogP contribution < -0.4 is 5.32 Å². The van der Waals surface area contributed by atoms with Crippen molar-refractivity contribution in [1.29, 1.82) is 0 Å². The zero-order valence-electron chi connectivity index (χ0n) is 12.4. The second-order valence-corrected chi connectivity index (χ2v) is 7.13. The van der Waals surface area contributed by atoms with E-state index in [0.29, 0.717) is 12.1 Å². The summed E-state index contributed by atoms with van der Waals surface area (Å²) in [4.78, 5) is 5.62. The van der Waals surface area contributed by atoms with Crippen molar-refractivity contribution in [2.24, 2.45) is 0 Å². The number of thiophene rings is 1. The SMILES string of the molecule is CCNCc1ccc(CN2CCOC3CCCCC32)s1. The largest absolute Gasteiger partial charge is 0.375 e. The molecule has 2 aliphatic rings. The minimum absolute atomic E-state index is 0.499. The monoisotopic (exact) mass is 294 g/mol. The van der Waals surface area contributed by atoms with Crippen LogP contribution in [0.15, 0.2) is 12.1 Å². The molecule has 2 fully saturated rings. The van der Waals surface area contributed by atoms with Crippen LogP contribution in [0.4, 0.5) is 0 Å². The van der Waals surface area contributed by atoms with Crippen molar-refractivity contribution in [3.63, 3.8) is 0 Å². The maximum atomic E-state index is 5.96. The van der Waals surface area contributed by atoms with E-state index in [9.17, 15) is 0 Å². The molecule has 4 heteroatoms. The lowest BCUT2D eigenvalue weighted by Gasteiger charge is -2.43. The molecule has 3 rings (SSSR count). The molecular formula is C16H26N2OS. The van der Waals surface area contributed by atoms with Crippen LogP contribution in [0.2, 0.25) is 0 Å². The normalized spacial score (nSPS) is 27.4. The second-order valence-electron chi connectivity index (χ2n) is 5.88. The highest BCUT2D eigenvalue weighted by molar-refractivity contribution is 7.11. The summed E-state index contributed by atoms with van der Waals surface area (Å²) in [7, 11) is 0. The molecule has 2 unspecified atom stereocenters. The van der Waals surface area contributed by atoms with Gasteiger partial charge in [-0.25, -0.2) is 0 Å². The van der Waals surface area contributed by atoms with Crippen molar-refractivity contribution >= 4 is 11.3 Å². The Balaban J connectivity index is 1.59. The van der Waals surface area contributed by atoms with Gasteiger partial charge in [0.2, 0.25) is 0 Å². The van der Waals surface area contributed by atoms with Gasteiger partial charge in [-0.2, -0.15) is 0 Å². The number of ether oxygens (including phenoxy) is 1. The van der Waals surface area contributed by atoms with Crippen molar-refractivity contribution < 1.29 is 4.74 Å². The van der Waals surface area contributed by atoms with E-state index in [1.54, 1.807) is 0 Å². The number of morpholine rings is 1. The van der Waals surface area contributed by atoms with Gasteiger partial charge in [-0.15, -0.1) is 11.3 Å². The van der Waals surface area contributed by atoms with Gasteiger partial charge in [0.15, 0.2) is 0 Å². The molecule has 0 spiro atoms. The molecule has 2 heterocycles. The Morgan fingerprint density at radius 3 is 3.05 bits per heavy atom. The van der Waals surface area contributed by atoms with Crippen molar-refractivity contribution in [2.45, 2.75) is 57.8 Å². The molecule has 1 saturated carbocycles. The van der Waals surface area contributed by atoms with Crippen molar-refractivity contribution in [3.8, 4) is 0 Å². The molecular weight excluding hydrogens is 268 g/mol. The van der Waals surface area contributed by atoms with Gasteiger partial charge in [0.1, 0.15) is 0 Å². The number of fused-ring (bicyclic) bond motifs is 1. The molecule has 20 heavy (non-hydrogen) atoms. The van der Waals surface area contributed by atoms with Gasteiger partial charge in [0.25, 0.3) is 0 Å². The Labute approximate surface area is 126 Å². The van der Waals surface area contributed by atoms with E-state index in [1.807, 2.05) is 11.3 Å². The van der Waals surface area contributed by atoms with Crippen LogP contribution in [0, 0.1) is 0 Å². The summed E-state index contributed by atoms with van der Waals surface area (Å²) in [6, 6.07) is 5.25. The van der Waals surface area contributed by atoms with Crippen LogP contribution in [-0.4, -0.2) is 36.7 Å². The van der Waals surface area contributed by atoms with E-state index in [0.717, 1.165) is 32.8 Å². The van der Waals surface area contributed by atoms with E-state index >= 15 is 0 Å². The van der Waals surface area contributed by atoms with Crippen LogP contribution in [0.25, 0.3) is 0 Å². The van der Waals surface area contributed by atoms with Gasteiger partial charge in [0, 0.05) is 35.4 Å². The Morgan fingerprint density at radius 1 is 1.30 bits per heavy atom. The molecule has 112 valence electrons. The molecule has 0 amide bonds. The minimum Gasteiger partial charge on any atom is -0.375 e. The summed E-state index contributed by atoms with van der Waals surface area (Å²) in [5, 5.41) is 3.40. The molecule has 3 nitrogen and oxygen atoms in total. The third-order valence-electron chi connectivity index (χ3n) is 4.47. The smallest absolute Gasteiger partial charge is 0.0731 e. The van der Waals surface area contributed by atoms with Crippen LogP contribution in [0.3, 0.4) is 0 Å². The fourth-order valence-corrected chi connectivity index (χ4v) is 4.44. The quantitative estimate of drug-likeness (QED) is 0.903. The highest BCUT2D eigenvalue weighted by atomic mass is 32.1. The molecule has 1 saturated heterocycles. The summed E-state index contributed by atoms with van der Waals surface area (Å²) in [6.45, 7) is 7.34. The summed E-state index contributed by atoms with van der Waals surface area (Å²) < 4.78 is 5.96. The lowest BCUT2D eigenvalue weighted by atomic mass is 9.90. The molecule has 0 aromatic carbocycles. The first-order chi connectivity index (χ1) is 9.86. The molecule has 2 atom stereocenters. The molecule has 1 aliphatic heterocycles. The molecule has 1 aromatic rings. The lowest BCUT2D eigenvalue weighted by Crippen LogP contribution is -2.51. The fraction of sp³-hybridized carbons (Fsp3) is 0.750. The molecule has 1 N–H and O–H groups in total. The van der Waals surface area contributed by atoms with Crippen molar-refractivity contribution in [3.05, 3.63) is 21.9 Å². The van der Waals surface area contributed by atoms with E-state index in [4.69, 9.17) is 4.74 Å². The number of hydrogen-bond acceptors (Lipinski definition) is 4. The van der Waals surface area contributed by atoms with E-state index in [1.165, 1.54) is 35.4 Å². The van der Waals surface area contributed by atoms with Crippen LogP contribution >= 0.6 is 11.3 Å². The van der Waals surface area contributed by atoms with Crippen LogP contribution in [-0.2, 0) is 17.8 Å². The third kappa shape index (κ3) is 3.42. The van der Waals surface area contributed by atoms with Gasteiger partial charge in [-0.05, 0) is 31.5 Å². The average Bonchev–Trinajstić information content (AvgIpc) is 2.93. The first-order valence-electron chi connectivity index (χ1n) is 8.01. The summed E-state index contributed by atoms with van der Waals surface area (Å²) >= 11 is 1.96. The maximum absolute atomic E-state index is 5.96. The first-order valence-corrected chi connectivity index (χ1v) is 8.82. The van der Waals surface area contributed by atoms with E-state index in [-0.39, 0.29) is 0 Å². The molecule has 1 aromatic heterocycles. The zero-order valence-corrected chi connectivity index (χ0v) is 13.3. The number of nitrogens with one attached hydrogen (secondary N) is 1. The number of nitrogens with zero attached hydrogens (tertiary/aromatic N) is 1. The van der Waals surface area contributed by atoms with Gasteiger partial charge in [0.05, 0.1) is 12.7 Å². The van der Waals surface area contributed by atoms with Crippen molar-refractivity contribution in [1.82, 2.24) is 10.2 Å². The predicted octanol–water partition coefficient (Wildman–Crippen LogP) is 3.00. The molecule has 0 radical (unpaired) electrons. The van der Waals surface area contributed by atoms with Crippen molar-refractivity contribution in [2.75, 3.05) is 19.7 Å². The highest BCUT2D eigenvalue weighted by Crippen LogP contribution is 2.30. The summed E-state index contributed by atoms with van der Waals surface area (Å²) in [6.07, 6.45) is 5.80. The number of hydrogen-bond donors (Lipinski definition) is 1. The van der Waals surface area contributed by atoms with E-state index < -0.39 is 0 Å². The van der Waals surface area contributed by atoms with Gasteiger partial charge in [-0.3, -0.25) is 4.90 Å². The second kappa shape index (κ2) is 7.03. The van der Waals surface area contributed by atoms with Gasteiger partial charge in [-0.1, -0.05) is 19.8 Å². The summed E-state index contributed by atoms with van der Waals surface area (Å²) in [5.41, 5.74) is 0. The van der Waals surface area contributed by atoms with E-state index in [2.05, 4.69) is 29.3 Å². The maximum Gasteiger partial charge on any atom is 0.0731 e. The Kier molecular flexibility index (Phi) is 5.10. The Bertz CT molecular complexity index is 418. The average molecular weight is 294 g/mol. The third-order valence-corrected chi connectivity index (χ3v) is 5.54. The Morgan fingerprint density at radius 2 is 2.15 bits per heavy atom. The first kappa shape index (κ1) is 14.5. The predicted molar refractivity (Wildman–Crippen MR) is 84.1 cm³/mol. The lowest BCUT2D eigenvalue weighted by molar-refractivity contribution is -0.0908. The van der Waals surface area contributed by atoms with Crippen LogP contribution in [0.1, 0.15) is 42.4 Å². The zero-order chi connectivity index (χ0) is 13.8. The van der Waals surface area contributed by atoms with Gasteiger partial charge < -0.3 is 10.1 Å². The summed E-state index contributed by atoms with van der Waals surface area (Å²) in [5.74, 6) is 0. The fourth-order valence-electron chi connectivity index (χ4n) is 3.42. The number of rotatable bonds is 5. The highest BCUT2D eigenvalue weighted by Gasteiger charge is 2.34. The minimum atomic E-state index is 0.499.